The van der Waals surface area contributed by atoms with Crippen LogP contribution in [0.5, 0.6) is 0 Å². The molecule has 2 N–H and O–H groups in total. The van der Waals surface area contributed by atoms with E-state index in [-0.39, 0.29) is 30.6 Å². The van der Waals surface area contributed by atoms with Gasteiger partial charge in [0.25, 0.3) is 0 Å². The molecule has 4 rings (SSSR count). The lowest BCUT2D eigenvalue weighted by Crippen LogP contribution is -2.38. The molecule has 1 aliphatic rings. The molecule has 2 aromatic carbocycles. The molecule has 1 unspecified atom stereocenters. The maximum atomic E-state index is 12.3. The molecule has 0 bridgehead atoms. The molecule has 0 fully saturated rings. The number of rotatable bonds is 5. The minimum atomic E-state index is -0.0416. The molecule has 1 heterocycles. The second kappa shape index (κ2) is 7.39. The number of fused-ring (bicyclic) bond motifs is 3. The zero-order chi connectivity index (χ0) is 18.8. The number of hydrogen-bond acceptors (Lipinski definition) is 2. The largest absolute Gasteiger partial charge is 0.358 e. The molecule has 1 aromatic heterocycles. The van der Waals surface area contributed by atoms with E-state index in [9.17, 15) is 9.59 Å². The fourth-order valence-electron chi connectivity index (χ4n) is 3.92. The molecule has 0 saturated heterocycles. The van der Waals surface area contributed by atoms with E-state index in [1.165, 1.54) is 16.6 Å². The molecule has 0 radical (unpaired) electrons. The molecule has 4 heteroatoms. The number of ketones is 1. The first-order chi connectivity index (χ1) is 13.1. The third kappa shape index (κ3) is 3.80. The Morgan fingerprint density at radius 2 is 1.85 bits per heavy atom. The first-order valence-corrected chi connectivity index (χ1v) is 9.58. The van der Waals surface area contributed by atoms with Gasteiger partial charge in [0.2, 0.25) is 5.91 Å². The van der Waals surface area contributed by atoms with Crippen molar-refractivity contribution >= 4 is 22.6 Å². The van der Waals surface area contributed by atoms with Gasteiger partial charge in [-0.2, -0.15) is 0 Å². The van der Waals surface area contributed by atoms with Crippen molar-refractivity contribution < 1.29 is 9.59 Å². The van der Waals surface area contributed by atoms with E-state index in [0.717, 1.165) is 30.3 Å². The van der Waals surface area contributed by atoms with Gasteiger partial charge in [-0.05, 0) is 31.4 Å². The highest BCUT2D eigenvalue weighted by Gasteiger charge is 2.23. The molecule has 27 heavy (non-hydrogen) atoms. The number of carbonyl (C=O) groups excluding carboxylic acids is 2. The van der Waals surface area contributed by atoms with Crippen LogP contribution < -0.4 is 5.32 Å². The third-order valence-corrected chi connectivity index (χ3v) is 5.41. The van der Waals surface area contributed by atoms with Crippen molar-refractivity contribution in [3.63, 3.8) is 0 Å². The predicted octanol–water partition coefficient (Wildman–Crippen LogP) is 4.11. The normalized spacial score (nSPS) is 16.1. The highest BCUT2D eigenvalue weighted by molar-refractivity contribution is 5.98. The van der Waals surface area contributed by atoms with Crippen LogP contribution in [0.25, 0.3) is 10.9 Å². The summed E-state index contributed by atoms with van der Waals surface area (Å²) in [5.41, 5.74) is 5.57. The van der Waals surface area contributed by atoms with Crippen molar-refractivity contribution in [2.75, 3.05) is 0 Å². The van der Waals surface area contributed by atoms with Gasteiger partial charge in [-0.3, -0.25) is 9.59 Å². The van der Waals surface area contributed by atoms with Crippen LogP contribution in [0.1, 0.15) is 46.4 Å². The van der Waals surface area contributed by atoms with E-state index in [1.807, 2.05) is 37.3 Å². The molecular weight excluding hydrogens is 336 g/mol. The molecule has 4 nitrogen and oxygen atoms in total. The van der Waals surface area contributed by atoms with Crippen LogP contribution in [-0.2, 0) is 17.6 Å². The monoisotopic (exact) mass is 360 g/mol. The summed E-state index contributed by atoms with van der Waals surface area (Å²) < 4.78 is 0. The Labute approximate surface area is 159 Å². The molecule has 0 aliphatic heterocycles. The van der Waals surface area contributed by atoms with Gasteiger partial charge in [0.05, 0.1) is 0 Å². The smallest absolute Gasteiger partial charge is 0.220 e. The maximum absolute atomic E-state index is 12.3. The number of aryl methyl sites for hydroxylation is 2. The Balaban J connectivity index is 1.32. The van der Waals surface area contributed by atoms with Gasteiger partial charge in [-0.1, -0.05) is 48.0 Å². The van der Waals surface area contributed by atoms with E-state index >= 15 is 0 Å². The predicted molar refractivity (Wildman–Crippen MR) is 107 cm³/mol. The van der Waals surface area contributed by atoms with Crippen LogP contribution >= 0.6 is 0 Å². The second-order valence-corrected chi connectivity index (χ2v) is 7.42. The fraction of sp³-hybridized carbons (Fsp3) is 0.304. The number of hydrogen-bond donors (Lipinski definition) is 2. The summed E-state index contributed by atoms with van der Waals surface area (Å²) in [5.74, 6) is -0.0216. The minimum absolute atomic E-state index is 0.0201. The van der Waals surface area contributed by atoms with Crippen molar-refractivity contribution in [2.45, 2.75) is 45.1 Å². The van der Waals surface area contributed by atoms with Crippen LogP contribution in [0.3, 0.4) is 0 Å². The summed E-state index contributed by atoms with van der Waals surface area (Å²) in [4.78, 5) is 28.0. The van der Waals surface area contributed by atoms with Crippen molar-refractivity contribution in [1.82, 2.24) is 10.3 Å². The highest BCUT2D eigenvalue weighted by Crippen LogP contribution is 2.29. The van der Waals surface area contributed by atoms with Gasteiger partial charge in [-0.15, -0.1) is 0 Å². The van der Waals surface area contributed by atoms with E-state index in [4.69, 9.17) is 0 Å². The van der Waals surface area contributed by atoms with E-state index in [0.29, 0.717) is 5.56 Å². The molecule has 138 valence electrons. The molecule has 1 atom stereocenters. The number of Topliss-reactive ketones (excluding diaryl/α,β-unsaturated/α-hetero) is 1. The first kappa shape index (κ1) is 17.5. The summed E-state index contributed by atoms with van der Waals surface area (Å²) in [6.07, 6.45) is 3.21. The van der Waals surface area contributed by atoms with E-state index in [1.54, 1.807) is 0 Å². The molecule has 1 amide bonds. The summed E-state index contributed by atoms with van der Waals surface area (Å²) in [7, 11) is 0. The lowest BCUT2D eigenvalue weighted by Gasteiger charge is -2.23. The standard InChI is InChI=1S/C23H24N2O2/c1-15-6-8-16(9-7-15)22(26)12-13-23(27)24-17-10-11-19-18-4-2-3-5-20(18)25-21(19)14-17/h2-9,17,25H,10-14H2,1H3,(H,24,27). The number of para-hydroxylation sites is 1. The number of carbonyl (C=O) groups is 2. The van der Waals surface area contributed by atoms with Crippen molar-refractivity contribution in [3.05, 3.63) is 70.9 Å². The molecule has 1 aliphatic carbocycles. The van der Waals surface area contributed by atoms with Crippen molar-refractivity contribution in [2.24, 2.45) is 0 Å². The minimum Gasteiger partial charge on any atom is -0.358 e. The van der Waals surface area contributed by atoms with Crippen LogP contribution in [0.2, 0.25) is 0 Å². The summed E-state index contributed by atoms with van der Waals surface area (Å²) in [5, 5.41) is 4.40. The quantitative estimate of drug-likeness (QED) is 0.673. The lowest BCUT2D eigenvalue weighted by atomic mass is 9.91. The second-order valence-electron chi connectivity index (χ2n) is 7.42. The molecule has 0 spiro atoms. The van der Waals surface area contributed by atoms with Crippen molar-refractivity contribution in [3.8, 4) is 0 Å². The van der Waals surface area contributed by atoms with Gasteiger partial charge in [0.15, 0.2) is 5.78 Å². The number of aromatic amines is 1. The average Bonchev–Trinajstić information content (AvgIpc) is 3.04. The summed E-state index contributed by atoms with van der Waals surface area (Å²) in [6, 6.07) is 16.0. The number of amides is 1. The lowest BCUT2D eigenvalue weighted by molar-refractivity contribution is -0.121. The summed E-state index contributed by atoms with van der Waals surface area (Å²) >= 11 is 0. The van der Waals surface area contributed by atoms with Gasteiger partial charge in [0, 0.05) is 47.5 Å². The Hall–Kier alpha value is -2.88. The van der Waals surface area contributed by atoms with Crippen LogP contribution in [0.15, 0.2) is 48.5 Å². The maximum Gasteiger partial charge on any atom is 0.220 e. The Morgan fingerprint density at radius 1 is 1.07 bits per heavy atom. The zero-order valence-electron chi connectivity index (χ0n) is 15.5. The highest BCUT2D eigenvalue weighted by atomic mass is 16.2. The van der Waals surface area contributed by atoms with Gasteiger partial charge in [-0.25, -0.2) is 0 Å². The van der Waals surface area contributed by atoms with Gasteiger partial charge < -0.3 is 10.3 Å². The molecule has 3 aromatic rings. The zero-order valence-corrected chi connectivity index (χ0v) is 15.5. The Kier molecular flexibility index (Phi) is 4.80. The van der Waals surface area contributed by atoms with Crippen LogP contribution in [0.4, 0.5) is 0 Å². The Bertz CT molecular complexity index is 985. The number of aromatic nitrogens is 1. The first-order valence-electron chi connectivity index (χ1n) is 9.58. The number of benzene rings is 2. The Morgan fingerprint density at radius 3 is 2.67 bits per heavy atom. The number of H-pyrrole nitrogens is 1. The fourth-order valence-corrected chi connectivity index (χ4v) is 3.92. The topological polar surface area (TPSA) is 62.0 Å². The van der Waals surface area contributed by atoms with Gasteiger partial charge >= 0.3 is 0 Å². The van der Waals surface area contributed by atoms with Crippen LogP contribution in [0, 0.1) is 6.92 Å². The van der Waals surface area contributed by atoms with Crippen molar-refractivity contribution in [1.29, 1.82) is 0 Å². The summed E-state index contributed by atoms with van der Waals surface area (Å²) in [6.45, 7) is 1.99. The molecular formula is C23H24N2O2. The van der Waals surface area contributed by atoms with E-state index < -0.39 is 0 Å². The van der Waals surface area contributed by atoms with Crippen LogP contribution in [-0.4, -0.2) is 22.7 Å². The van der Waals surface area contributed by atoms with Gasteiger partial charge in [0.1, 0.15) is 0 Å². The SMILES string of the molecule is Cc1ccc(C(=O)CCC(=O)NC2CCc3c([nH]c4ccccc34)C2)cc1. The average molecular weight is 360 g/mol. The van der Waals surface area contributed by atoms with E-state index in [2.05, 4.69) is 28.5 Å². The number of nitrogens with one attached hydrogen (secondary N) is 2. The third-order valence-electron chi connectivity index (χ3n) is 5.41. The molecule has 0 saturated carbocycles.